The van der Waals surface area contributed by atoms with Crippen LogP contribution in [0.25, 0.3) is 0 Å². The first-order chi connectivity index (χ1) is 8.30. The minimum atomic E-state index is -1.12. The summed E-state index contributed by atoms with van der Waals surface area (Å²) in [5.74, 6) is -0.557. The van der Waals surface area contributed by atoms with Gasteiger partial charge in [-0.1, -0.05) is 28.9 Å². The normalized spacial score (nSPS) is 12.3. The van der Waals surface area contributed by atoms with Crippen molar-refractivity contribution >= 4 is 29.0 Å². The number of halogens is 1. The summed E-state index contributed by atoms with van der Waals surface area (Å²) in [4.78, 5) is 12.1. The monoisotopic (exact) mass is 269 g/mol. The van der Waals surface area contributed by atoms with E-state index >= 15 is 0 Å². The Morgan fingerprint density at radius 3 is 2.61 bits per heavy atom. The lowest BCUT2D eigenvalue weighted by Gasteiger charge is -2.22. The van der Waals surface area contributed by atoms with Gasteiger partial charge in [0.15, 0.2) is 5.84 Å². The maximum Gasteiger partial charge on any atom is 0.237 e. The van der Waals surface area contributed by atoms with Crippen LogP contribution in [0.3, 0.4) is 0 Å². The van der Waals surface area contributed by atoms with E-state index in [2.05, 4.69) is 10.5 Å². The Morgan fingerprint density at radius 1 is 1.50 bits per heavy atom. The minimum absolute atomic E-state index is 0.162. The maximum atomic E-state index is 12.1. The number of nitrogens with one attached hydrogen (secondary N) is 1. The molecule has 0 aliphatic rings. The number of oxime groups is 1. The Hall–Kier alpha value is -1.75. The van der Waals surface area contributed by atoms with Gasteiger partial charge in [0.1, 0.15) is 5.41 Å². The van der Waals surface area contributed by atoms with Crippen LogP contribution in [-0.4, -0.2) is 17.0 Å². The molecule has 0 aromatic heterocycles. The lowest BCUT2D eigenvalue weighted by Crippen LogP contribution is -2.42. The molecular formula is C12H16ClN3O2. The highest BCUT2D eigenvalue weighted by Gasteiger charge is 2.33. The maximum absolute atomic E-state index is 12.1. The number of rotatable bonds is 3. The number of hydrogen-bond acceptors (Lipinski definition) is 3. The second-order valence-corrected chi connectivity index (χ2v) is 4.90. The fraction of sp³-hybridized carbons (Fsp3) is 0.333. The van der Waals surface area contributed by atoms with Gasteiger partial charge in [0.25, 0.3) is 0 Å². The average Bonchev–Trinajstić information content (AvgIpc) is 2.32. The van der Waals surface area contributed by atoms with Crippen molar-refractivity contribution in [3.63, 3.8) is 0 Å². The lowest BCUT2D eigenvalue weighted by atomic mass is 9.90. The molecule has 18 heavy (non-hydrogen) atoms. The Morgan fingerprint density at radius 2 is 2.11 bits per heavy atom. The van der Waals surface area contributed by atoms with Crippen LogP contribution in [0.5, 0.6) is 0 Å². The molecule has 0 saturated heterocycles. The largest absolute Gasteiger partial charge is 0.409 e. The van der Waals surface area contributed by atoms with Gasteiger partial charge in [-0.2, -0.15) is 0 Å². The van der Waals surface area contributed by atoms with E-state index in [1.807, 2.05) is 13.0 Å². The summed E-state index contributed by atoms with van der Waals surface area (Å²) in [6.07, 6.45) is 0. The van der Waals surface area contributed by atoms with E-state index in [1.165, 1.54) is 0 Å². The van der Waals surface area contributed by atoms with Crippen LogP contribution in [0.1, 0.15) is 19.4 Å². The molecule has 1 rings (SSSR count). The highest BCUT2D eigenvalue weighted by molar-refractivity contribution is 6.34. The molecule has 1 aromatic rings. The van der Waals surface area contributed by atoms with Crippen molar-refractivity contribution in [1.29, 1.82) is 0 Å². The van der Waals surface area contributed by atoms with Crippen LogP contribution in [0.4, 0.5) is 5.69 Å². The number of nitrogens with zero attached hydrogens (tertiary/aromatic N) is 1. The van der Waals surface area contributed by atoms with Gasteiger partial charge in [-0.15, -0.1) is 0 Å². The Labute approximate surface area is 111 Å². The highest BCUT2D eigenvalue weighted by Crippen LogP contribution is 2.27. The fourth-order valence-electron chi connectivity index (χ4n) is 1.30. The number of anilines is 1. The van der Waals surface area contributed by atoms with Crippen molar-refractivity contribution < 1.29 is 10.0 Å². The summed E-state index contributed by atoms with van der Waals surface area (Å²) >= 11 is 6.01. The predicted molar refractivity (Wildman–Crippen MR) is 72.0 cm³/mol. The Balaban J connectivity index is 3.02. The summed E-state index contributed by atoms with van der Waals surface area (Å²) in [6.45, 7) is 4.95. The number of para-hydroxylation sites is 1. The molecule has 0 spiro atoms. The van der Waals surface area contributed by atoms with E-state index in [-0.39, 0.29) is 5.84 Å². The second kappa shape index (κ2) is 5.27. The molecule has 0 atom stereocenters. The van der Waals surface area contributed by atoms with E-state index in [0.717, 1.165) is 5.56 Å². The zero-order valence-corrected chi connectivity index (χ0v) is 11.2. The second-order valence-electron chi connectivity index (χ2n) is 4.50. The SMILES string of the molecule is Cc1cccc(Cl)c1NC(=O)C(C)(C)C(N)=NO. The predicted octanol–water partition coefficient (Wildman–Crippen LogP) is 2.36. The van der Waals surface area contributed by atoms with Crippen molar-refractivity contribution in [2.24, 2.45) is 16.3 Å². The molecule has 0 saturated carbocycles. The van der Waals surface area contributed by atoms with Gasteiger partial charge in [0.05, 0.1) is 10.7 Å². The van der Waals surface area contributed by atoms with E-state index in [1.54, 1.807) is 26.0 Å². The number of hydrogen-bond donors (Lipinski definition) is 3. The summed E-state index contributed by atoms with van der Waals surface area (Å²) in [5.41, 5.74) is 5.73. The molecule has 0 aliphatic carbocycles. The number of benzene rings is 1. The first kappa shape index (κ1) is 14.3. The quantitative estimate of drug-likeness (QED) is 0.341. The van der Waals surface area contributed by atoms with Gasteiger partial charge in [-0.3, -0.25) is 4.79 Å². The van der Waals surface area contributed by atoms with Crippen LogP contribution in [0, 0.1) is 12.3 Å². The number of amidine groups is 1. The Kier molecular flexibility index (Phi) is 4.19. The number of amides is 1. The van der Waals surface area contributed by atoms with Gasteiger partial charge in [-0.05, 0) is 32.4 Å². The molecule has 0 bridgehead atoms. The number of carbonyl (C=O) groups excluding carboxylic acids is 1. The number of aryl methyl sites for hydroxylation is 1. The van der Waals surface area contributed by atoms with Gasteiger partial charge in [0, 0.05) is 0 Å². The molecule has 5 nitrogen and oxygen atoms in total. The van der Waals surface area contributed by atoms with Gasteiger partial charge < -0.3 is 16.3 Å². The molecule has 0 fully saturated rings. The van der Waals surface area contributed by atoms with E-state index < -0.39 is 11.3 Å². The molecular weight excluding hydrogens is 254 g/mol. The van der Waals surface area contributed by atoms with Crippen molar-refractivity contribution in [3.8, 4) is 0 Å². The van der Waals surface area contributed by atoms with Crippen molar-refractivity contribution in [2.75, 3.05) is 5.32 Å². The minimum Gasteiger partial charge on any atom is -0.409 e. The van der Waals surface area contributed by atoms with E-state index in [0.29, 0.717) is 10.7 Å². The van der Waals surface area contributed by atoms with Gasteiger partial charge >= 0.3 is 0 Å². The molecule has 0 aliphatic heterocycles. The summed E-state index contributed by atoms with van der Waals surface area (Å²) in [5, 5.41) is 14.7. The summed E-state index contributed by atoms with van der Waals surface area (Å²) < 4.78 is 0. The third kappa shape index (κ3) is 2.73. The topological polar surface area (TPSA) is 87.7 Å². The van der Waals surface area contributed by atoms with Crippen molar-refractivity contribution in [3.05, 3.63) is 28.8 Å². The number of carbonyl (C=O) groups is 1. The molecule has 0 radical (unpaired) electrons. The zero-order valence-electron chi connectivity index (χ0n) is 10.5. The van der Waals surface area contributed by atoms with Crippen molar-refractivity contribution in [1.82, 2.24) is 0 Å². The Bertz CT molecular complexity index is 478. The first-order valence-corrected chi connectivity index (χ1v) is 5.73. The standard InChI is InChI=1S/C12H16ClN3O2/c1-7-5-4-6-8(13)9(7)15-11(17)12(2,3)10(14)16-18/h4-6,18H,1-3H3,(H2,14,16)(H,15,17). The highest BCUT2D eigenvalue weighted by atomic mass is 35.5. The molecule has 1 aromatic carbocycles. The third-order valence-electron chi connectivity index (χ3n) is 2.78. The molecule has 98 valence electrons. The molecule has 0 heterocycles. The third-order valence-corrected chi connectivity index (χ3v) is 3.09. The lowest BCUT2D eigenvalue weighted by molar-refractivity contribution is -0.121. The summed E-state index contributed by atoms with van der Waals surface area (Å²) in [7, 11) is 0. The van der Waals surface area contributed by atoms with Crippen LogP contribution in [-0.2, 0) is 4.79 Å². The van der Waals surface area contributed by atoms with Crippen LogP contribution in [0.2, 0.25) is 5.02 Å². The molecule has 4 N–H and O–H groups in total. The van der Waals surface area contributed by atoms with Crippen LogP contribution < -0.4 is 11.1 Å². The molecule has 6 heteroatoms. The summed E-state index contributed by atoms with van der Waals surface area (Å²) in [6, 6.07) is 5.31. The average molecular weight is 270 g/mol. The number of nitrogens with two attached hydrogens (primary N) is 1. The van der Waals surface area contributed by atoms with Crippen molar-refractivity contribution in [2.45, 2.75) is 20.8 Å². The van der Waals surface area contributed by atoms with Crippen LogP contribution in [0.15, 0.2) is 23.4 Å². The molecule has 0 unspecified atom stereocenters. The van der Waals surface area contributed by atoms with E-state index in [4.69, 9.17) is 22.5 Å². The van der Waals surface area contributed by atoms with Crippen LogP contribution >= 0.6 is 11.6 Å². The fourth-order valence-corrected chi connectivity index (χ4v) is 1.57. The van der Waals surface area contributed by atoms with E-state index in [9.17, 15) is 4.79 Å². The molecule has 1 amide bonds. The zero-order chi connectivity index (χ0) is 13.9. The smallest absolute Gasteiger partial charge is 0.237 e. The van der Waals surface area contributed by atoms with Gasteiger partial charge in [-0.25, -0.2) is 0 Å². The first-order valence-electron chi connectivity index (χ1n) is 5.35. The van der Waals surface area contributed by atoms with Gasteiger partial charge in [0.2, 0.25) is 5.91 Å².